The van der Waals surface area contributed by atoms with E-state index in [1.54, 1.807) is 0 Å². The highest BCUT2D eigenvalue weighted by Crippen LogP contribution is 2.28. The molecular formula is C13H22N2S. The highest BCUT2D eigenvalue weighted by Gasteiger charge is 2.21. The minimum absolute atomic E-state index is 0.657. The quantitative estimate of drug-likeness (QED) is 0.869. The van der Waals surface area contributed by atoms with Crippen molar-refractivity contribution >= 4 is 11.3 Å². The predicted octanol–water partition coefficient (Wildman–Crippen LogP) is 3.43. The third kappa shape index (κ3) is 2.83. The van der Waals surface area contributed by atoms with E-state index in [1.165, 1.54) is 41.3 Å². The molecule has 1 aromatic rings. The van der Waals surface area contributed by atoms with Crippen LogP contribution in [0.2, 0.25) is 0 Å². The second-order valence-corrected chi connectivity index (χ2v) is 6.24. The number of thiazole rings is 1. The van der Waals surface area contributed by atoms with Gasteiger partial charge in [0.15, 0.2) is 0 Å². The molecule has 0 aromatic carbocycles. The molecular weight excluding hydrogens is 216 g/mol. The zero-order valence-electron chi connectivity index (χ0n) is 10.5. The molecule has 0 aliphatic heterocycles. The molecule has 0 radical (unpaired) electrons. The van der Waals surface area contributed by atoms with Gasteiger partial charge in [-0.3, -0.25) is 0 Å². The maximum absolute atomic E-state index is 4.47. The summed E-state index contributed by atoms with van der Waals surface area (Å²) >= 11 is 1.83. The van der Waals surface area contributed by atoms with Crippen molar-refractivity contribution in [3.63, 3.8) is 0 Å². The molecule has 0 amide bonds. The van der Waals surface area contributed by atoms with Gasteiger partial charge in [0.1, 0.15) is 0 Å². The molecule has 1 heterocycles. The van der Waals surface area contributed by atoms with Gasteiger partial charge >= 0.3 is 0 Å². The van der Waals surface area contributed by atoms with Gasteiger partial charge in [-0.15, -0.1) is 11.3 Å². The lowest BCUT2D eigenvalue weighted by molar-refractivity contribution is 0.381. The molecule has 90 valence electrons. The summed E-state index contributed by atoms with van der Waals surface area (Å²) in [6.45, 7) is 7.52. The van der Waals surface area contributed by atoms with E-state index < -0.39 is 0 Å². The van der Waals surface area contributed by atoms with Gasteiger partial charge in [-0.25, -0.2) is 4.98 Å². The van der Waals surface area contributed by atoms with Crippen molar-refractivity contribution in [2.75, 3.05) is 0 Å². The normalized spacial score (nSPS) is 19.2. The van der Waals surface area contributed by atoms with Crippen LogP contribution in [0.5, 0.6) is 0 Å². The van der Waals surface area contributed by atoms with Gasteiger partial charge in [0.05, 0.1) is 10.7 Å². The van der Waals surface area contributed by atoms with Crippen molar-refractivity contribution in [3.05, 3.63) is 15.6 Å². The largest absolute Gasteiger partial charge is 0.309 e. The summed E-state index contributed by atoms with van der Waals surface area (Å²) in [6.07, 6.45) is 5.68. The third-order valence-electron chi connectivity index (χ3n) is 3.69. The first-order chi connectivity index (χ1) is 7.66. The summed E-state index contributed by atoms with van der Waals surface area (Å²) in [5.41, 5.74) is 1.20. The zero-order chi connectivity index (χ0) is 11.5. The molecule has 1 N–H and O–H groups in total. The summed E-state index contributed by atoms with van der Waals surface area (Å²) in [5, 5.41) is 4.85. The van der Waals surface area contributed by atoms with E-state index in [2.05, 4.69) is 31.1 Å². The molecule has 1 atom stereocenters. The second kappa shape index (κ2) is 5.28. The molecule has 1 aromatic heterocycles. The van der Waals surface area contributed by atoms with Crippen LogP contribution in [0.15, 0.2) is 0 Å². The highest BCUT2D eigenvalue weighted by atomic mass is 32.1. The van der Waals surface area contributed by atoms with Gasteiger partial charge in [-0.1, -0.05) is 12.8 Å². The predicted molar refractivity (Wildman–Crippen MR) is 69.8 cm³/mol. The molecule has 2 nitrogen and oxygen atoms in total. The standard InChI is InChI=1S/C13H22N2S/c1-9(12-6-4-5-7-12)14-8-13-10(2)15-11(3)16-13/h9,12,14H,4-8H2,1-3H3. The Labute approximate surface area is 102 Å². The molecule has 2 rings (SSSR count). The fourth-order valence-corrected chi connectivity index (χ4v) is 3.50. The average molecular weight is 238 g/mol. The summed E-state index contributed by atoms with van der Waals surface area (Å²) in [7, 11) is 0. The van der Waals surface area contributed by atoms with Crippen LogP contribution < -0.4 is 5.32 Å². The summed E-state index contributed by atoms with van der Waals surface area (Å²) in [5.74, 6) is 0.898. The summed E-state index contributed by atoms with van der Waals surface area (Å²) < 4.78 is 0. The molecule has 3 heteroatoms. The van der Waals surface area contributed by atoms with Gasteiger partial charge < -0.3 is 5.32 Å². The van der Waals surface area contributed by atoms with Gasteiger partial charge in [0.2, 0.25) is 0 Å². The maximum Gasteiger partial charge on any atom is 0.0900 e. The molecule has 16 heavy (non-hydrogen) atoms. The Morgan fingerprint density at radius 1 is 1.38 bits per heavy atom. The topological polar surface area (TPSA) is 24.9 Å². The number of nitrogens with zero attached hydrogens (tertiary/aromatic N) is 1. The van der Waals surface area contributed by atoms with Crippen LogP contribution in [0, 0.1) is 19.8 Å². The highest BCUT2D eigenvalue weighted by molar-refractivity contribution is 7.11. The Balaban J connectivity index is 1.84. The SMILES string of the molecule is Cc1nc(C)c(CNC(C)C2CCCC2)s1. The van der Waals surface area contributed by atoms with E-state index in [1.807, 2.05) is 11.3 Å². The number of aromatic nitrogens is 1. The minimum Gasteiger partial charge on any atom is -0.309 e. The third-order valence-corrected chi connectivity index (χ3v) is 4.76. The zero-order valence-corrected chi connectivity index (χ0v) is 11.4. The average Bonchev–Trinajstić information content (AvgIpc) is 2.84. The molecule has 1 unspecified atom stereocenters. The number of nitrogens with one attached hydrogen (secondary N) is 1. The van der Waals surface area contributed by atoms with Gasteiger partial charge in [0.25, 0.3) is 0 Å². The first-order valence-corrected chi connectivity index (χ1v) is 7.14. The van der Waals surface area contributed by atoms with Crippen LogP contribution in [0.25, 0.3) is 0 Å². The minimum atomic E-state index is 0.657. The lowest BCUT2D eigenvalue weighted by Gasteiger charge is -2.20. The number of hydrogen-bond acceptors (Lipinski definition) is 3. The van der Waals surface area contributed by atoms with E-state index >= 15 is 0 Å². The number of hydrogen-bond donors (Lipinski definition) is 1. The van der Waals surface area contributed by atoms with Crippen LogP contribution in [0.4, 0.5) is 0 Å². The fraction of sp³-hybridized carbons (Fsp3) is 0.769. The lowest BCUT2D eigenvalue weighted by atomic mass is 10.00. The van der Waals surface area contributed by atoms with Crippen LogP contribution in [0.3, 0.4) is 0 Å². The number of aryl methyl sites for hydroxylation is 2. The van der Waals surface area contributed by atoms with Crippen LogP contribution in [0.1, 0.15) is 48.2 Å². The van der Waals surface area contributed by atoms with Crippen molar-refractivity contribution in [2.24, 2.45) is 5.92 Å². The van der Waals surface area contributed by atoms with Crippen LogP contribution in [-0.2, 0) is 6.54 Å². The Bertz CT molecular complexity index is 340. The molecule has 1 saturated carbocycles. The van der Waals surface area contributed by atoms with Crippen LogP contribution >= 0.6 is 11.3 Å². The summed E-state index contributed by atoms with van der Waals surface area (Å²) in [6, 6.07) is 0.657. The molecule has 1 aliphatic carbocycles. The molecule has 0 spiro atoms. The molecule has 0 bridgehead atoms. The first-order valence-electron chi connectivity index (χ1n) is 6.33. The Morgan fingerprint density at radius 2 is 2.06 bits per heavy atom. The lowest BCUT2D eigenvalue weighted by Crippen LogP contribution is -2.31. The van der Waals surface area contributed by atoms with Gasteiger partial charge in [-0.05, 0) is 39.5 Å². The van der Waals surface area contributed by atoms with E-state index in [-0.39, 0.29) is 0 Å². The van der Waals surface area contributed by atoms with E-state index in [0.29, 0.717) is 6.04 Å². The number of rotatable bonds is 4. The second-order valence-electron chi connectivity index (χ2n) is 4.96. The van der Waals surface area contributed by atoms with E-state index in [4.69, 9.17) is 0 Å². The van der Waals surface area contributed by atoms with Gasteiger partial charge in [0, 0.05) is 17.5 Å². The Hall–Kier alpha value is -0.410. The summed E-state index contributed by atoms with van der Waals surface area (Å²) in [4.78, 5) is 5.87. The van der Waals surface area contributed by atoms with Crippen molar-refractivity contribution in [1.29, 1.82) is 0 Å². The molecule has 1 fully saturated rings. The van der Waals surface area contributed by atoms with Crippen LogP contribution in [-0.4, -0.2) is 11.0 Å². The van der Waals surface area contributed by atoms with Crippen molar-refractivity contribution in [3.8, 4) is 0 Å². The fourth-order valence-electron chi connectivity index (χ4n) is 2.62. The molecule has 0 saturated heterocycles. The Kier molecular flexibility index (Phi) is 3.98. The smallest absolute Gasteiger partial charge is 0.0900 e. The van der Waals surface area contributed by atoms with Gasteiger partial charge in [-0.2, -0.15) is 0 Å². The van der Waals surface area contributed by atoms with E-state index in [0.717, 1.165) is 12.5 Å². The van der Waals surface area contributed by atoms with E-state index in [9.17, 15) is 0 Å². The van der Waals surface area contributed by atoms with Crippen molar-refractivity contribution in [2.45, 2.75) is 59.0 Å². The van der Waals surface area contributed by atoms with Crippen molar-refractivity contribution < 1.29 is 0 Å². The monoisotopic (exact) mass is 238 g/mol. The van der Waals surface area contributed by atoms with Crippen molar-refractivity contribution in [1.82, 2.24) is 10.3 Å². The first kappa shape index (κ1) is 12.1. The Morgan fingerprint density at radius 3 is 2.62 bits per heavy atom. The molecule has 1 aliphatic rings. The maximum atomic E-state index is 4.47.